The third kappa shape index (κ3) is 11.7. The van der Waals surface area contributed by atoms with Gasteiger partial charge in [-0.15, -0.1) is 0 Å². The van der Waals surface area contributed by atoms with E-state index in [4.69, 9.17) is 9.47 Å². The monoisotopic (exact) mass is 299 g/mol. The van der Waals surface area contributed by atoms with Crippen molar-refractivity contribution < 1.29 is 23.9 Å². The Labute approximate surface area is 125 Å². The first-order chi connectivity index (χ1) is 9.43. The first-order valence-corrected chi connectivity index (χ1v) is 6.76. The fourth-order valence-corrected chi connectivity index (χ4v) is 1.37. The van der Waals surface area contributed by atoms with Gasteiger partial charge in [0.2, 0.25) is 0 Å². The van der Waals surface area contributed by atoms with Crippen molar-refractivity contribution in [2.45, 2.75) is 65.2 Å². The van der Waals surface area contributed by atoms with Gasteiger partial charge in [0.1, 0.15) is 17.5 Å². The molecular formula is C15H25NO5. The van der Waals surface area contributed by atoms with Gasteiger partial charge < -0.3 is 14.8 Å². The van der Waals surface area contributed by atoms with Crippen molar-refractivity contribution in [3.63, 3.8) is 0 Å². The third-order valence-corrected chi connectivity index (χ3v) is 1.93. The van der Waals surface area contributed by atoms with Gasteiger partial charge in [0.05, 0.1) is 12.5 Å². The van der Waals surface area contributed by atoms with Crippen LogP contribution in [0.4, 0.5) is 4.79 Å². The van der Waals surface area contributed by atoms with E-state index in [1.54, 1.807) is 41.5 Å². The number of hydrogen-bond donors (Lipinski definition) is 1. The molecule has 0 fully saturated rings. The van der Waals surface area contributed by atoms with Crippen LogP contribution in [0.15, 0.2) is 12.2 Å². The first-order valence-electron chi connectivity index (χ1n) is 6.76. The summed E-state index contributed by atoms with van der Waals surface area (Å²) in [5.41, 5.74) is -1.25. The zero-order chi connectivity index (χ0) is 16.7. The average molecular weight is 299 g/mol. The van der Waals surface area contributed by atoms with Crippen LogP contribution in [0.25, 0.3) is 0 Å². The lowest BCUT2D eigenvalue weighted by atomic mass is 10.1. The van der Waals surface area contributed by atoms with Crippen LogP contribution in [0, 0.1) is 0 Å². The van der Waals surface area contributed by atoms with E-state index in [9.17, 15) is 14.4 Å². The van der Waals surface area contributed by atoms with Crippen molar-refractivity contribution in [3.8, 4) is 0 Å². The second-order valence-electron chi connectivity index (χ2n) is 6.56. The maximum atomic E-state index is 11.8. The molecule has 0 rings (SSSR count). The summed E-state index contributed by atoms with van der Waals surface area (Å²) in [4.78, 5) is 33.8. The van der Waals surface area contributed by atoms with Gasteiger partial charge in [-0.05, 0) is 47.6 Å². The lowest BCUT2D eigenvalue weighted by molar-refractivity contribution is -0.155. The number of allylic oxidation sites excluding steroid dienone is 1. The molecule has 0 saturated carbocycles. The summed E-state index contributed by atoms with van der Waals surface area (Å²) >= 11 is 0. The van der Waals surface area contributed by atoms with Crippen LogP contribution in [0.3, 0.4) is 0 Å². The minimum absolute atomic E-state index is 0.0825. The lowest BCUT2D eigenvalue weighted by Gasteiger charge is -2.23. The first kappa shape index (κ1) is 19.1. The van der Waals surface area contributed by atoms with E-state index in [-0.39, 0.29) is 6.42 Å². The van der Waals surface area contributed by atoms with Gasteiger partial charge in [-0.2, -0.15) is 0 Å². The van der Waals surface area contributed by atoms with E-state index in [0.717, 1.165) is 0 Å². The molecule has 6 nitrogen and oxygen atoms in total. The molecule has 1 N–H and O–H groups in total. The van der Waals surface area contributed by atoms with Gasteiger partial charge in [0.15, 0.2) is 0 Å². The fourth-order valence-electron chi connectivity index (χ4n) is 1.37. The number of amides is 1. The van der Waals surface area contributed by atoms with Gasteiger partial charge in [-0.3, -0.25) is 9.59 Å². The van der Waals surface area contributed by atoms with E-state index in [2.05, 4.69) is 5.32 Å². The topological polar surface area (TPSA) is 81.7 Å². The van der Waals surface area contributed by atoms with Crippen molar-refractivity contribution in [1.82, 2.24) is 5.32 Å². The number of carbonyl (C=O) groups is 3. The molecular weight excluding hydrogens is 274 g/mol. The van der Waals surface area contributed by atoms with E-state index in [0.29, 0.717) is 6.29 Å². The minimum atomic E-state index is -0.667. The summed E-state index contributed by atoms with van der Waals surface area (Å²) in [6.45, 7) is 10.5. The molecule has 0 aliphatic rings. The Morgan fingerprint density at radius 3 is 2.00 bits per heavy atom. The molecule has 120 valence electrons. The summed E-state index contributed by atoms with van der Waals surface area (Å²) in [7, 11) is 0. The summed E-state index contributed by atoms with van der Waals surface area (Å²) in [6.07, 6.45) is 2.46. The van der Waals surface area contributed by atoms with Gasteiger partial charge in [0, 0.05) is 0 Å². The minimum Gasteiger partial charge on any atom is -0.460 e. The Kier molecular flexibility index (Phi) is 7.12. The summed E-state index contributed by atoms with van der Waals surface area (Å²) in [5, 5.41) is 2.52. The van der Waals surface area contributed by atoms with Crippen molar-refractivity contribution in [2.75, 3.05) is 0 Å². The highest BCUT2D eigenvalue weighted by Crippen LogP contribution is 2.11. The van der Waals surface area contributed by atoms with Crippen molar-refractivity contribution in [2.24, 2.45) is 0 Å². The highest BCUT2D eigenvalue weighted by atomic mass is 16.6. The van der Waals surface area contributed by atoms with Crippen LogP contribution in [0.5, 0.6) is 0 Å². The van der Waals surface area contributed by atoms with E-state index in [1.165, 1.54) is 12.2 Å². The quantitative estimate of drug-likeness (QED) is 0.479. The standard InChI is InChI=1S/C15H25NO5/c1-14(2,3)20-12(18)10-11(8-7-9-17)16-13(19)21-15(4,5)6/h7-9,11H,10H2,1-6H3,(H,16,19)/b8-7+/t11-/m1/s1. The number of nitrogens with one attached hydrogen (secondary N) is 1. The van der Waals surface area contributed by atoms with Gasteiger partial charge in [-0.25, -0.2) is 4.79 Å². The van der Waals surface area contributed by atoms with Gasteiger partial charge in [0.25, 0.3) is 0 Å². The second kappa shape index (κ2) is 7.81. The van der Waals surface area contributed by atoms with Crippen LogP contribution < -0.4 is 5.32 Å². The number of esters is 1. The van der Waals surface area contributed by atoms with Gasteiger partial charge in [-0.1, -0.05) is 6.08 Å². The van der Waals surface area contributed by atoms with Crippen LogP contribution in [-0.2, 0) is 19.1 Å². The highest BCUT2D eigenvalue weighted by Gasteiger charge is 2.22. The molecule has 0 bridgehead atoms. The number of aldehydes is 1. The molecule has 0 unspecified atom stereocenters. The Bertz CT molecular complexity index is 371. The lowest BCUT2D eigenvalue weighted by Crippen LogP contribution is -2.40. The van der Waals surface area contributed by atoms with E-state index < -0.39 is 29.3 Å². The molecule has 0 aliphatic carbocycles. The molecule has 6 heteroatoms. The Hall–Kier alpha value is -1.85. The van der Waals surface area contributed by atoms with Crippen molar-refractivity contribution in [1.29, 1.82) is 0 Å². The largest absolute Gasteiger partial charge is 0.460 e. The van der Waals surface area contributed by atoms with Crippen LogP contribution in [-0.4, -0.2) is 35.6 Å². The molecule has 0 saturated heterocycles. The molecule has 21 heavy (non-hydrogen) atoms. The molecule has 0 aromatic heterocycles. The zero-order valence-electron chi connectivity index (χ0n) is 13.6. The predicted molar refractivity (Wildman–Crippen MR) is 78.8 cm³/mol. The molecule has 1 amide bonds. The number of hydrogen-bond acceptors (Lipinski definition) is 5. The SMILES string of the molecule is CC(C)(C)OC(=O)C[C@@H](/C=C/C=O)NC(=O)OC(C)(C)C. The molecule has 1 atom stereocenters. The molecule has 0 radical (unpaired) electrons. The average Bonchev–Trinajstić information content (AvgIpc) is 2.20. The second-order valence-corrected chi connectivity index (χ2v) is 6.56. The predicted octanol–water partition coefficient (Wildman–Crippen LogP) is 2.37. The molecule has 0 heterocycles. The van der Waals surface area contributed by atoms with Crippen LogP contribution in [0.2, 0.25) is 0 Å². The normalized spacial score (nSPS) is 13.6. The maximum Gasteiger partial charge on any atom is 0.408 e. The summed E-state index contributed by atoms with van der Waals surface area (Å²) in [5.74, 6) is -0.473. The number of rotatable bonds is 5. The Morgan fingerprint density at radius 1 is 1.05 bits per heavy atom. The number of alkyl carbamates (subject to hydrolysis) is 1. The molecule has 0 aromatic rings. The van der Waals surface area contributed by atoms with E-state index >= 15 is 0 Å². The smallest absolute Gasteiger partial charge is 0.408 e. The highest BCUT2D eigenvalue weighted by molar-refractivity contribution is 5.74. The van der Waals surface area contributed by atoms with Crippen LogP contribution >= 0.6 is 0 Å². The van der Waals surface area contributed by atoms with E-state index in [1.807, 2.05) is 0 Å². The van der Waals surface area contributed by atoms with Crippen LogP contribution in [0.1, 0.15) is 48.0 Å². The third-order valence-electron chi connectivity index (χ3n) is 1.93. The maximum absolute atomic E-state index is 11.8. The van der Waals surface area contributed by atoms with Gasteiger partial charge >= 0.3 is 12.1 Å². The number of ether oxygens (including phenoxy) is 2. The Morgan fingerprint density at radius 2 is 1.57 bits per heavy atom. The molecule has 0 aromatic carbocycles. The Balaban J connectivity index is 4.66. The fraction of sp³-hybridized carbons (Fsp3) is 0.667. The summed E-state index contributed by atoms with van der Waals surface area (Å²) in [6, 6.07) is -0.667. The van der Waals surface area contributed by atoms with Crippen molar-refractivity contribution >= 4 is 18.3 Å². The number of carbonyl (C=O) groups excluding carboxylic acids is 3. The van der Waals surface area contributed by atoms with Crippen molar-refractivity contribution in [3.05, 3.63) is 12.2 Å². The molecule has 0 aliphatic heterocycles. The summed E-state index contributed by atoms with van der Waals surface area (Å²) < 4.78 is 10.3. The molecule has 0 spiro atoms. The zero-order valence-corrected chi connectivity index (χ0v) is 13.6.